The van der Waals surface area contributed by atoms with Crippen LogP contribution < -0.4 is 5.73 Å². The van der Waals surface area contributed by atoms with Gasteiger partial charge in [0.15, 0.2) is 0 Å². The summed E-state index contributed by atoms with van der Waals surface area (Å²) in [6, 6.07) is 4.79. The number of hydrogen-bond donors (Lipinski definition) is 3. The molecule has 4 N–H and O–H groups in total. The molecule has 1 aromatic carbocycles. The zero-order valence-electron chi connectivity index (χ0n) is 9.71. The number of allylic oxidation sites excluding steroid dienone is 2. The van der Waals surface area contributed by atoms with Crippen LogP contribution in [0.15, 0.2) is 28.7 Å². The smallest absolute Gasteiger partial charge is 0.290 e. The maximum atomic E-state index is 11.2. The molecule has 18 heavy (non-hydrogen) atoms. The number of anilines is 1. The molecule has 0 aliphatic heterocycles. The molecule has 96 valence electrons. The maximum Gasteiger partial charge on any atom is 0.290 e. The summed E-state index contributed by atoms with van der Waals surface area (Å²) in [5.74, 6) is 0.0138. The Hall–Kier alpha value is -1.79. The molecule has 0 amide bonds. The van der Waals surface area contributed by atoms with Crippen molar-refractivity contribution in [3.63, 3.8) is 0 Å². The van der Waals surface area contributed by atoms with Crippen molar-refractivity contribution in [2.45, 2.75) is 13.3 Å². The van der Waals surface area contributed by atoms with E-state index in [0.717, 1.165) is 0 Å². The van der Waals surface area contributed by atoms with E-state index in [1.807, 2.05) is 0 Å². The van der Waals surface area contributed by atoms with Crippen molar-refractivity contribution in [3.8, 4) is 0 Å². The second-order valence-electron chi connectivity index (χ2n) is 4.24. The predicted molar refractivity (Wildman–Crippen MR) is 70.2 cm³/mol. The third kappa shape index (κ3) is 2.25. The van der Waals surface area contributed by atoms with Crippen molar-refractivity contribution < 1.29 is 18.1 Å². The monoisotopic (exact) mass is 267 g/mol. The van der Waals surface area contributed by atoms with Gasteiger partial charge in [-0.05, 0) is 42.3 Å². The molecule has 0 saturated heterocycles. The van der Waals surface area contributed by atoms with E-state index in [9.17, 15) is 13.5 Å². The van der Waals surface area contributed by atoms with Crippen molar-refractivity contribution >= 4 is 27.6 Å². The predicted octanol–water partition coefficient (Wildman–Crippen LogP) is 2.19. The van der Waals surface area contributed by atoms with Crippen LogP contribution in [0.3, 0.4) is 0 Å². The largest absolute Gasteiger partial charge is 0.507 e. The standard InChI is InChI=1S/C12H13NO4S/c1-7-4-10(18(15,16)17)6-8-5-9(13)2-3-11(8)12(7)14/h2-3,5-6,14H,4,13H2,1H3,(H,15,16,17). The fourth-order valence-electron chi connectivity index (χ4n) is 1.88. The molecule has 2 rings (SSSR count). The first-order chi connectivity index (χ1) is 8.29. The van der Waals surface area contributed by atoms with E-state index in [0.29, 0.717) is 22.4 Å². The molecular formula is C12H13NO4S. The van der Waals surface area contributed by atoms with Crippen LogP contribution in [0.25, 0.3) is 11.8 Å². The molecule has 5 nitrogen and oxygen atoms in total. The van der Waals surface area contributed by atoms with Crippen LogP contribution in [0.4, 0.5) is 5.69 Å². The zero-order chi connectivity index (χ0) is 13.5. The van der Waals surface area contributed by atoms with E-state index < -0.39 is 10.1 Å². The number of fused-ring (bicyclic) bond motifs is 1. The first kappa shape index (κ1) is 12.7. The number of aliphatic hydroxyl groups excluding tert-OH is 1. The number of nitrogen functional groups attached to an aromatic ring is 1. The Morgan fingerprint density at radius 3 is 2.61 bits per heavy atom. The van der Waals surface area contributed by atoms with Gasteiger partial charge in [0, 0.05) is 17.7 Å². The summed E-state index contributed by atoms with van der Waals surface area (Å²) >= 11 is 0. The summed E-state index contributed by atoms with van der Waals surface area (Å²) in [5, 5.41) is 10.0. The highest BCUT2D eigenvalue weighted by molar-refractivity contribution is 7.90. The molecule has 1 aromatic rings. The van der Waals surface area contributed by atoms with Gasteiger partial charge in [0.2, 0.25) is 0 Å². The molecule has 1 aliphatic rings. The Balaban J connectivity index is 2.75. The van der Waals surface area contributed by atoms with Gasteiger partial charge in [0.1, 0.15) is 5.76 Å². The van der Waals surface area contributed by atoms with Gasteiger partial charge in [0.05, 0.1) is 4.91 Å². The van der Waals surface area contributed by atoms with Gasteiger partial charge in [0.25, 0.3) is 10.1 Å². The van der Waals surface area contributed by atoms with Gasteiger partial charge in [-0.25, -0.2) is 0 Å². The van der Waals surface area contributed by atoms with Crippen LogP contribution >= 0.6 is 0 Å². The highest BCUT2D eigenvalue weighted by Gasteiger charge is 2.21. The van der Waals surface area contributed by atoms with E-state index in [2.05, 4.69) is 0 Å². The first-order valence-electron chi connectivity index (χ1n) is 5.25. The molecule has 0 unspecified atom stereocenters. The Labute approximate surface area is 105 Å². The van der Waals surface area contributed by atoms with Crippen molar-refractivity contribution in [3.05, 3.63) is 39.8 Å². The normalized spacial score (nSPS) is 16.0. The first-order valence-corrected chi connectivity index (χ1v) is 6.69. The van der Waals surface area contributed by atoms with E-state index in [1.54, 1.807) is 25.1 Å². The van der Waals surface area contributed by atoms with Crippen molar-refractivity contribution in [2.75, 3.05) is 5.73 Å². The number of hydrogen-bond acceptors (Lipinski definition) is 4. The van der Waals surface area contributed by atoms with Crippen LogP contribution in [-0.4, -0.2) is 18.1 Å². The maximum absolute atomic E-state index is 11.2. The van der Waals surface area contributed by atoms with Gasteiger partial charge in [-0.1, -0.05) is 0 Å². The van der Waals surface area contributed by atoms with Crippen LogP contribution in [-0.2, 0) is 10.1 Å². The third-order valence-electron chi connectivity index (χ3n) is 2.82. The minimum absolute atomic E-state index is 0.0138. The number of rotatable bonds is 1. The van der Waals surface area contributed by atoms with E-state index in [-0.39, 0.29) is 17.1 Å². The molecule has 0 fully saturated rings. The molecule has 0 bridgehead atoms. The van der Waals surface area contributed by atoms with Gasteiger partial charge in [-0.2, -0.15) is 8.42 Å². The minimum atomic E-state index is -4.29. The summed E-state index contributed by atoms with van der Waals surface area (Å²) in [6.45, 7) is 1.61. The fourth-order valence-corrected chi connectivity index (χ4v) is 2.56. The van der Waals surface area contributed by atoms with Crippen LogP contribution in [0.2, 0.25) is 0 Å². The molecule has 1 aliphatic carbocycles. The lowest BCUT2D eigenvalue weighted by Crippen LogP contribution is -2.02. The third-order valence-corrected chi connectivity index (χ3v) is 3.75. The number of nitrogens with two attached hydrogens (primary N) is 1. The Morgan fingerprint density at radius 2 is 2.00 bits per heavy atom. The molecule has 0 saturated carbocycles. The van der Waals surface area contributed by atoms with Crippen LogP contribution in [0.1, 0.15) is 24.5 Å². The summed E-state index contributed by atoms with van der Waals surface area (Å²) in [7, 11) is -4.29. The van der Waals surface area contributed by atoms with Gasteiger partial charge in [-0.15, -0.1) is 0 Å². The molecule has 6 heteroatoms. The lowest BCUT2D eigenvalue weighted by Gasteiger charge is -2.06. The molecule has 0 heterocycles. The van der Waals surface area contributed by atoms with Gasteiger partial charge >= 0.3 is 0 Å². The lowest BCUT2D eigenvalue weighted by atomic mass is 10.0. The SMILES string of the molecule is CC1=C(O)c2ccc(N)cc2C=C(S(=O)(=O)O)C1. The molecule has 0 atom stereocenters. The average molecular weight is 267 g/mol. The van der Waals surface area contributed by atoms with E-state index in [4.69, 9.17) is 10.3 Å². The second-order valence-corrected chi connectivity index (χ2v) is 5.71. The molecule has 0 aromatic heterocycles. The second kappa shape index (κ2) is 4.15. The quantitative estimate of drug-likeness (QED) is 0.535. The summed E-state index contributed by atoms with van der Waals surface area (Å²) in [4.78, 5) is -0.157. The van der Waals surface area contributed by atoms with E-state index >= 15 is 0 Å². The van der Waals surface area contributed by atoms with Crippen molar-refractivity contribution in [2.24, 2.45) is 0 Å². The Bertz CT molecular complexity index is 671. The highest BCUT2D eigenvalue weighted by atomic mass is 32.2. The summed E-state index contributed by atoms with van der Waals surface area (Å²) in [5.41, 5.74) is 7.52. The highest BCUT2D eigenvalue weighted by Crippen LogP contribution is 2.32. The van der Waals surface area contributed by atoms with Gasteiger partial charge in [-0.3, -0.25) is 4.55 Å². The summed E-state index contributed by atoms with van der Waals surface area (Å²) < 4.78 is 31.6. The Morgan fingerprint density at radius 1 is 1.33 bits per heavy atom. The molecule has 0 radical (unpaired) electrons. The zero-order valence-corrected chi connectivity index (χ0v) is 10.5. The average Bonchev–Trinajstić information content (AvgIpc) is 2.37. The number of benzene rings is 1. The van der Waals surface area contributed by atoms with Crippen molar-refractivity contribution in [1.29, 1.82) is 0 Å². The fraction of sp³-hybridized carbons (Fsp3) is 0.167. The van der Waals surface area contributed by atoms with Crippen molar-refractivity contribution in [1.82, 2.24) is 0 Å². The van der Waals surface area contributed by atoms with Gasteiger partial charge < -0.3 is 10.8 Å². The molecular weight excluding hydrogens is 254 g/mol. The number of aliphatic hydroxyl groups is 1. The van der Waals surface area contributed by atoms with Crippen LogP contribution in [0.5, 0.6) is 0 Å². The Kier molecular flexibility index (Phi) is 2.92. The molecule has 0 spiro atoms. The van der Waals surface area contributed by atoms with E-state index in [1.165, 1.54) is 6.08 Å². The summed E-state index contributed by atoms with van der Waals surface area (Å²) in [6.07, 6.45) is 1.30. The van der Waals surface area contributed by atoms with Crippen LogP contribution in [0, 0.1) is 0 Å². The topological polar surface area (TPSA) is 101 Å². The lowest BCUT2D eigenvalue weighted by molar-refractivity contribution is 0.489. The minimum Gasteiger partial charge on any atom is -0.507 e.